The van der Waals surface area contributed by atoms with Crippen molar-refractivity contribution in [3.05, 3.63) is 23.8 Å². The standard InChI is InChI=1S/C12H19NO10P2/c14-9-5-3-4-8(10(9)15)11(16)13-7-2-1-6-12(17,24(18,19)20)25(21,22)23/h3-5,14-15,17H,1-2,6-7H2,(H,13,16)(H2,18,19,20)(H2,21,22,23)/p-2. The fourth-order valence-corrected chi connectivity index (χ4v) is 4.10. The normalized spacial score (nSPS) is 18.6. The molecule has 0 saturated carbocycles. The zero-order valence-electron chi connectivity index (χ0n) is 12.7. The maximum Gasteiger partial charge on any atom is 0.255 e. The number of carbonyl (C=O) groups is 1. The van der Waals surface area contributed by atoms with Crippen LogP contribution in [0.3, 0.4) is 0 Å². The number of aromatic hydroxyl groups is 2. The molecule has 1 aromatic carbocycles. The molecule has 0 spiro atoms. The van der Waals surface area contributed by atoms with Gasteiger partial charge in [0.05, 0.1) is 5.56 Å². The quantitative estimate of drug-likeness (QED) is 0.174. The van der Waals surface area contributed by atoms with Crippen LogP contribution in [-0.4, -0.2) is 42.6 Å². The minimum Gasteiger partial charge on any atom is -0.776 e. The third-order valence-corrected chi connectivity index (χ3v) is 7.16. The number of hydrogen-bond acceptors (Lipinski definition) is 8. The lowest BCUT2D eigenvalue weighted by Gasteiger charge is -2.42. The molecule has 0 radical (unpaired) electrons. The molecule has 0 heterocycles. The molecule has 0 aliphatic heterocycles. The summed E-state index contributed by atoms with van der Waals surface area (Å²) in [6.07, 6.45) is -1.31. The summed E-state index contributed by atoms with van der Waals surface area (Å²) in [5.41, 5.74) is -0.213. The van der Waals surface area contributed by atoms with Crippen LogP contribution in [0.15, 0.2) is 18.2 Å². The minimum atomic E-state index is -5.81. The van der Waals surface area contributed by atoms with Crippen LogP contribution >= 0.6 is 15.2 Å². The van der Waals surface area contributed by atoms with Crippen molar-refractivity contribution in [3.8, 4) is 11.5 Å². The van der Waals surface area contributed by atoms with Crippen LogP contribution in [0, 0.1) is 0 Å². The topological polar surface area (TPSA) is 211 Å². The van der Waals surface area contributed by atoms with Crippen molar-refractivity contribution in [2.75, 3.05) is 6.54 Å². The lowest BCUT2D eigenvalue weighted by atomic mass is 10.1. The predicted molar refractivity (Wildman–Crippen MR) is 80.6 cm³/mol. The minimum absolute atomic E-state index is 0.0202. The molecule has 11 nitrogen and oxygen atoms in total. The molecular formula is C12H17NO10P2-2. The first kappa shape index (κ1) is 21.6. The highest BCUT2D eigenvalue weighted by molar-refractivity contribution is 7.70. The Labute approximate surface area is 142 Å². The second kappa shape index (κ2) is 7.84. The summed E-state index contributed by atoms with van der Waals surface area (Å²) in [6.45, 7) is -0.104. The summed E-state index contributed by atoms with van der Waals surface area (Å²) in [5, 5.41) is 27.0. The summed E-state index contributed by atoms with van der Waals surface area (Å²) in [6, 6.07) is 3.73. The molecule has 1 amide bonds. The summed E-state index contributed by atoms with van der Waals surface area (Å²) < 4.78 is 22.0. The van der Waals surface area contributed by atoms with Gasteiger partial charge in [-0.05, 0) is 31.4 Å². The highest BCUT2D eigenvalue weighted by atomic mass is 31.2. The molecule has 2 unspecified atom stereocenters. The zero-order chi connectivity index (χ0) is 19.5. The number of phenols is 2. The molecule has 1 aromatic rings. The Bertz CT molecular complexity index is 703. The van der Waals surface area contributed by atoms with E-state index in [9.17, 15) is 39.0 Å². The molecule has 25 heavy (non-hydrogen) atoms. The van der Waals surface area contributed by atoms with Gasteiger partial charge < -0.3 is 49.3 Å². The summed E-state index contributed by atoms with van der Waals surface area (Å²) >= 11 is 0. The Balaban J connectivity index is 2.58. The fourth-order valence-electron chi connectivity index (χ4n) is 1.94. The highest BCUT2D eigenvalue weighted by Crippen LogP contribution is 2.65. The Morgan fingerprint density at radius 3 is 2.20 bits per heavy atom. The zero-order valence-corrected chi connectivity index (χ0v) is 14.5. The number of carbonyl (C=O) groups excluding carboxylic acids is 1. The maximum absolute atomic E-state index is 11.8. The van der Waals surface area contributed by atoms with Gasteiger partial charge in [-0.15, -0.1) is 0 Å². The van der Waals surface area contributed by atoms with E-state index in [0.717, 1.165) is 0 Å². The lowest BCUT2D eigenvalue weighted by molar-refractivity contribution is -0.227. The van der Waals surface area contributed by atoms with Crippen molar-refractivity contribution in [2.45, 2.75) is 24.3 Å². The van der Waals surface area contributed by atoms with Crippen LogP contribution in [0.1, 0.15) is 29.6 Å². The van der Waals surface area contributed by atoms with Crippen LogP contribution < -0.4 is 15.1 Å². The van der Waals surface area contributed by atoms with Crippen LogP contribution in [-0.2, 0) is 9.13 Å². The van der Waals surface area contributed by atoms with Gasteiger partial charge in [0.15, 0.2) is 31.8 Å². The molecule has 0 aromatic heterocycles. The third-order valence-electron chi connectivity index (χ3n) is 3.39. The van der Waals surface area contributed by atoms with E-state index < -0.39 is 44.1 Å². The van der Waals surface area contributed by atoms with E-state index in [2.05, 4.69) is 5.32 Å². The SMILES string of the molecule is O=C(NCCCCC(O)(P(=O)([O-])O)P(=O)([O-])O)c1cccc(O)c1O. The highest BCUT2D eigenvalue weighted by Gasteiger charge is 2.46. The van der Waals surface area contributed by atoms with Crippen molar-refractivity contribution >= 4 is 21.1 Å². The molecule has 0 fully saturated rings. The van der Waals surface area contributed by atoms with E-state index in [1.165, 1.54) is 18.2 Å². The van der Waals surface area contributed by atoms with Gasteiger partial charge in [-0.1, -0.05) is 6.07 Å². The molecule has 6 N–H and O–H groups in total. The van der Waals surface area contributed by atoms with Gasteiger partial charge in [0, 0.05) is 6.54 Å². The second-order valence-corrected chi connectivity index (χ2v) is 9.12. The molecule has 2 atom stereocenters. The molecule has 0 saturated heterocycles. The number of nitrogens with one attached hydrogen (secondary N) is 1. The van der Waals surface area contributed by atoms with E-state index in [1.807, 2.05) is 0 Å². The van der Waals surface area contributed by atoms with E-state index in [4.69, 9.17) is 9.79 Å². The van der Waals surface area contributed by atoms with Gasteiger partial charge in [0.25, 0.3) is 5.91 Å². The summed E-state index contributed by atoms with van der Waals surface area (Å²) in [5.74, 6) is -1.88. The molecule has 142 valence electrons. The van der Waals surface area contributed by atoms with Gasteiger partial charge in [-0.3, -0.25) is 4.79 Å². The number of para-hydroxylation sites is 1. The molecule has 13 heteroatoms. The number of hydrogen-bond donors (Lipinski definition) is 6. The molecule has 0 bridgehead atoms. The number of aliphatic hydroxyl groups is 1. The number of rotatable bonds is 8. The monoisotopic (exact) mass is 397 g/mol. The second-order valence-electron chi connectivity index (χ2n) is 5.20. The van der Waals surface area contributed by atoms with Gasteiger partial charge in [0.2, 0.25) is 0 Å². The molecule has 0 aliphatic rings. The number of unbranched alkanes of at least 4 members (excludes halogenated alkanes) is 1. The Morgan fingerprint density at radius 2 is 1.68 bits per heavy atom. The van der Waals surface area contributed by atoms with Gasteiger partial charge in [-0.25, -0.2) is 0 Å². The Morgan fingerprint density at radius 1 is 1.12 bits per heavy atom. The van der Waals surface area contributed by atoms with Crippen LogP contribution in [0.2, 0.25) is 0 Å². The van der Waals surface area contributed by atoms with Crippen molar-refractivity contribution < 1.29 is 48.8 Å². The molecule has 1 rings (SSSR count). The van der Waals surface area contributed by atoms with Crippen LogP contribution in [0.4, 0.5) is 0 Å². The fraction of sp³-hybridized carbons (Fsp3) is 0.417. The van der Waals surface area contributed by atoms with Gasteiger partial charge >= 0.3 is 0 Å². The number of amides is 1. The van der Waals surface area contributed by atoms with E-state index in [-0.39, 0.29) is 24.9 Å². The van der Waals surface area contributed by atoms with Crippen LogP contribution in [0.5, 0.6) is 11.5 Å². The lowest BCUT2D eigenvalue weighted by Crippen LogP contribution is -2.37. The van der Waals surface area contributed by atoms with Crippen molar-refractivity contribution in [2.24, 2.45) is 0 Å². The average Bonchev–Trinajstić information content (AvgIpc) is 2.46. The average molecular weight is 397 g/mol. The first-order valence-corrected chi connectivity index (χ1v) is 10.1. The van der Waals surface area contributed by atoms with Crippen molar-refractivity contribution in [1.82, 2.24) is 5.32 Å². The Kier molecular flexibility index (Phi) is 6.77. The smallest absolute Gasteiger partial charge is 0.255 e. The molecular weight excluding hydrogens is 380 g/mol. The van der Waals surface area contributed by atoms with Crippen LogP contribution in [0.25, 0.3) is 0 Å². The first-order valence-electron chi connectivity index (χ1n) is 6.90. The van der Waals surface area contributed by atoms with E-state index in [0.29, 0.717) is 0 Å². The van der Waals surface area contributed by atoms with Gasteiger partial charge in [0.1, 0.15) is 0 Å². The van der Waals surface area contributed by atoms with E-state index >= 15 is 0 Å². The van der Waals surface area contributed by atoms with E-state index in [1.54, 1.807) is 0 Å². The first-order chi connectivity index (χ1) is 11.3. The predicted octanol–water partition coefficient (Wildman–Crippen LogP) is -1.26. The maximum atomic E-state index is 11.8. The number of phenolic OH excluding ortho intramolecular Hbond substituents is 2. The summed E-state index contributed by atoms with van der Waals surface area (Å²) in [4.78, 5) is 51.4. The summed E-state index contributed by atoms with van der Waals surface area (Å²) in [7, 11) is -11.6. The third kappa shape index (κ3) is 5.02. The number of benzene rings is 1. The largest absolute Gasteiger partial charge is 0.776 e. The van der Waals surface area contributed by atoms with Gasteiger partial charge in [-0.2, -0.15) is 0 Å². The molecule has 0 aliphatic carbocycles. The van der Waals surface area contributed by atoms with Crippen molar-refractivity contribution in [1.29, 1.82) is 0 Å². The van der Waals surface area contributed by atoms with Crippen molar-refractivity contribution in [3.63, 3.8) is 0 Å². The Hall–Kier alpha value is -1.45.